The zero-order valence-corrected chi connectivity index (χ0v) is 15.3. The molecular weight excluding hydrogens is 328 g/mol. The summed E-state index contributed by atoms with van der Waals surface area (Å²) in [6.07, 6.45) is 0. The van der Waals surface area contributed by atoms with Gasteiger partial charge in [0.15, 0.2) is 17.5 Å². The van der Waals surface area contributed by atoms with E-state index in [4.69, 9.17) is 0 Å². The van der Waals surface area contributed by atoms with Gasteiger partial charge in [0.1, 0.15) is 0 Å². The van der Waals surface area contributed by atoms with Crippen LogP contribution in [0.2, 0.25) is 0 Å². The van der Waals surface area contributed by atoms with E-state index in [0.717, 1.165) is 60.7 Å². The lowest BCUT2D eigenvalue weighted by Crippen LogP contribution is -2.47. The van der Waals surface area contributed by atoms with Gasteiger partial charge in [-0.1, -0.05) is 0 Å². The van der Waals surface area contributed by atoms with Crippen molar-refractivity contribution in [2.45, 2.75) is 20.8 Å². The highest BCUT2D eigenvalue weighted by Crippen LogP contribution is 2.18. The van der Waals surface area contributed by atoms with E-state index in [1.165, 1.54) is 0 Å². The minimum Gasteiger partial charge on any atom is -0.352 e. The first-order valence-electron chi connectivity index (χ1n) is 8.78. The second-order valence-electron chi connectivity index (χ2n) is 6.60. The van der Waals surface area contributed by atoms with Gasteiger partial charge in [0, 0.05) is 31.9 Å². The van der Waals surface area contributed by atoms with Crippen LogP contribution >= 0.6 is 0 Å². The van der Waals surface area contributed by atoms with Gasteiger partial charge in [0.25, 0.3) is 0 Å². The van der Waals surface area contributed by atoms with E-state index < -0.39 is 0 Å². The zero-order valence-electron chi connectivity index (χ0n) is 15.3. The third kappa shape index (κ3) is 3.22. The molecule has 0 unspecified atom stereocenters. The number of hydrogen-bond acceptors (Lipinski definition) is 7. The number of rotatable bonds is 3. The van der Waals surface area contributed by atoms with Crippen molar-refractivity contribution in [2.75, 3.05) is 36.0 Å². The monoisotopic (exact) mass is 350 g/mol. The molecular formula is C18H22N8. The molecule has 26 heavy (non-hydrogen) atoms. The number of aromatic nitrogens is 6. The fourth-order valence-corrected chi connectivity index (χ4v) is 3.19. The summed E-state index contributed by atoms with van der Waals surface area (Å²) >= 11 is 0. The summed E-state index contributed by atoms with van der Waals surface area (Å²) in [6.45, 7) is 9.47. The van der Waals surface area contributed by atoms with E-state index in [1.54, 1.807) is 0 Å². The van der Waals surface area contributed by atoms with Crippen molar-refractivity contribution in [3.8, 4) is 5.82 Å². The molecule has 0 amide bonds. The Morgan fingerprint density at radius 1 is 0.654 bits per heavy atom. The lowest BCUT2D eigenvalue weighted by molar-refractivity contribution is 0.632. The lowest BCUT2D eigenvalue weighted by Gasteiger charge is -2.35. The largest absolute Gasteiger partial charge is 0.352 e. The van der Waals surface area contributed by atoms with Crippen LogP contribution in [-0.4, -0.2) is 56.4 Å². The van der Waals surface area contributed by atoms with E-state index in [0.29, 0.717) is 0 Å². The first-order valence-corrected chi connectivity index (χ1v) is 8.78. The quantitative estimate of drug-likeness (QED) is 0.711. The highest BCUT2D eigenvalue weighted by Gasteiger charge is 2.20. The Morgan fingerprint density at radius 2 is 1.19 bits per heavy atom. The smallest absolute Gasteiger partial charge is 0.176 e. The van der Waals surface area contributed by atoms with Crippen LogP contribution in [0.15, 0.2) is 30.3 Å². The predicted molar refractivity (Wildman–Crippen MR) is 99.8 cm³/mol. The molecule has 1 aliphatic heterocycles. The average Bonchev–Trinajstić information content (AvgIpc) is 3.01. The standard InChI is InChI=1S/C18H22N8/c1-13-4-5-16(20-19-13)24-8-10-25(11-9-24)17-6-7-18(22-21-17)26-15(3)12-14(2)23-26/h4-7,12H,8-11H2,1-3H3. The number of aryl methyl sites for hydroxylation is 3. The highest BCUT2D eigenvalue weighted by molar-refractivity contribution is 5.45. The first kappa shape index (κ1) is 16.4. The molecule has 4 heterocycles. The second-order valence-corrected chi connectivity index (χ2v) is 6.60. The number of hydrogen-bond donors (Lipinski definition) is 0. The Morgan fingerprint density at radius 3 is 1.65 bits per heavy atom. The summed E-state index contributed by atoms with van der Waals surface area (Å²) in [5.41, 5.74) is 2.96. The fraction of sp³-hybridized carbons (Fsp3) is 0.389. The molecule has 0 bridgehead atoms. The molecule has 1 fully saturated rings. The van der Waals surface area contributed by atoms with Gasteiger partial charge < -0.3 is 9.80 Å². The molecule has 0 radical (unpaired) electrons. The van der Waals surface area contributed by atoms with Crippen LogP contribution in [0.1, 0.15) is 17.1 Å². The summed E-state index contributed by atoms with van der Waals surface area (Å²) in [7, 11) is 0. The van der Waals surface area contributed by atoms with Crippen molar-refractivity contribution in [2.24, 2.45) is 0 Å². The van der Waals surface area contributed by atoms with Gasteiger partial charge >= 0.3 is 0 Å². The van der Waals surface area contributed by atoms with Crippen molar-refractivity contribution in [3.05, 3.63) is 47.4 Å². The van der Waals surface area contributed by atoms with Crippen molar-refractivity contribution < 1.29 is 0 Å². The third-order valence-electron chi connectivity index (χ3n) is 4.57. The van der Waals surface area contributed by atoms with Crippen LogP contribution in [0, 0.1) is 20.8 Å². The Hall–Kier alpha value is -3.03. The molecule has 134 valence electrons. The molecule has 8 heteroatoms. The summed E-state index contributed by atoms with van der Waals surface area (Å²) < 4.78 is 1.82. The molecule has 0 aliphatic carbocycles. The summed E-state index contributed by atoms with van der Waals surface area (Å²) in [5, 5.41) is 21.6. The maximum Gasteiger partial charge on any atom is 0.176 e. The van der Waals surface area contributed by atoms with Gasteiger partial charge in [-0.3, -0.25) is 0 Å². The van der Waals surface area contributed by atoms with Crippen LogP contribution in [-0.2, 0) is 0 Å². The Kier molecular flexibility index (Phi) is 4.24. The maximum absolute atomic E-state index is 4.45. The summed E-state index contributed by atoms with van der Waals surface area (Å²) in [6, 6.07) is 10.0. The molecule has 0 aromatic carbocycles. The Bertz CT molecular complexity index is 877. The molecule has 3 aromatic rings. The van der Waals surface area contributed by atoms with Gasteiger partial charge in [-0.25, -0.2) is 4.68 Å². The van der Waals surface area contributed by atoms with Crippen LogP contribution in [0.25, 0.3) is 5.82 Å². The third-order valence-corrected chi connectivity index (χ3v) is 4.57. The van der Waals surface area contributed by atoms with E-state index >= 15 is 0 Å². The minimum atomic E-state index is 0.743. The van der Waals surface area contributed by atoms with Crippen molar-refractivity contribution >= 4 is 11.6 Å². The Labute approximate surface area is 152 Å². The fourth-order valence-electron chi connectivity index (χ4n) is 3.19. The van der Waals surface area contributed by atoms with Crippen LogP contribution in [0.4, 0.5) is 11.6 Å². The van der Waals surface area contributed by atoms with Crippen LogP contribution in [0.3, 0.4) is 0 Å². The van der Waals surface area contributed by atoms with Crippen molar-refractivity contribution in [1.29, 1.82) is 0 Å². The highest BCUT2D eigenvalue weighted by atomic mass is 15.4. The predicted octanol–water partition coefficient (Wildman–Crippen LogP) is 1.70. The molecule has 0 spiro atoms. The topological polar surface area (TPSA) is 75.9 Å². The van der Waals surface area contributed by atoms with Gasteiger partial charge in [-0.2, -0.15) is 10.2 Å². The Balaban J connectivity index is 1.43. The minimum absolute atomic E-state index is 0.743. The molecule has 4 rings (SSSR count). The summed E-state index contributed by atoms with van der Waals surface area (Å²) in [4.78, 5) is 4.50. The van der Waals surface area contributed by atoms with Gasteiger partial charge in [-0.05, 0) is 51.1 Å². The SMILES string of the molecule is Cc1ccc(N2CCN(c3ccc(-n4nc(C)cc4C)nn3)CC2)nn1. The van der Waals surface area contributed by atoms with Gasteiger partial charge in [0.2, 0.25) is 0 Å². The summed E-state index contributed by atoms with van der Waals surface area (Å²) in [5.74, 6) is 2.57. The van der Waals surface area contributed by atoms with Crippen LogP contribution in [0.5, 0.6) is 0 Å². The molecule has 3 aromatic heterocycles. The normalized spacial score (nSPS) is 14.7. The van der Waals surface area contributed by atoms with E-state index in [-0.39, 0.29) is 0 Å². The first-order chi connectivity index (χ1) is 12.6. The van der Waals surface area contributed by atoms with Crippen LogP contribution < -0.4 is 9.80 Å². The lowest BCUT2D eigenvalue weighted by atomic mass is 10.3. The van der Waals surface area contributed by atoms with E-state index in [2.05, 4.69) is 35.3 Å². The molecule has 1 aliphatic rings. The molecule has 0 saturated carbocycles. The van der Waals surface area contributed by atoms with E-state index in [9.17, 15) is 0 Å². The molecule has 1 saturated heterocycles. The maximum atomic E-state index is 4.45. The number of piperazine rings is 1. The molecule has 8 nitrogen and oxygen atoms in total. The van der Waals surface area contributed by atoms with Crippen molar-refractivity contribution in [1.82, 2.24) is 30.2 Å². The van der Waals surface area contributed by atoms with E-state index in [1.807, 2.05) is 55.8 Å². The zero-order chi connectivity index (χ0) is 18.1. The van der Waals surface area contributed by atoms with Gasteiger partial charge in [-0.15, -0.1) is 15.3 Å². The number of nitrogens with zero attached hydrogens (tertiary/aromatic N) is 8. The van der Waals surface area contributed by atoms with Gasteiger partial charge in [0.05, 0.1) is 11.4 Å². The second kappa shape index (κ2) is 6.70. The number of anilines is 2. The molecule has 0 atom stereocenters. The molecule has 0 N–H and O–H groups in total. The van der Waals surface area contributed by atoms with Crippen molar-refractivity contribution in [3.63, 3.8) is 0 Å². The average molecular weight is 350 g/mol.